The monoisotopic (exact) mass is 599 g/mol. The maximum atomic E-state index is 5.74. The molecular weight excluding hydrogens is 564 g/mol. The minimum absolute atomic E-state index is 0.817. The molecule has 1 saturated heterocycles. The predicted octanol–water partition coefficient (Wildman–Crippen LogP) is 7.75. The van der Waals surface area contributed by atoms with E-state index in [2.05, 4.69) is 82.3 Å². The van der Waals surface area contributed by atoms with E-state index in [1.54, 1.807) is 7.11 Å². The van der Waals surface area contributed by atoms with Gasteiger partial charge in [0.2, 0.25) is 0 Å². The van der Waals surface area contributed by atoms with Crippen LogP contribution in [0.15, 0.2) is 48.5 Å². The number of nitrogens with zero attached hydrogens (tertiary/aromatic N) is 2. The van der Waals surface area contributed by atoms with Gasteiger partial charge in [-0.3, -0.25) is 0 Å². The zero-order chi connectivity index (χ0) is 25.7. The van der Waals surface area contributed by atoms with Gasteiger partial charge in [-0.2, -0.15) is 6.67 Å². The number of hydrogen-bond donors (Lipinski definition) is 0. The predicted molar refractivity (Wildman–Crippen MR) is 150 cm³/mol. The summed E-state index contributed by atoms with van der Waals surface area (Å²) in [4.78, 5) is 4.81. The Hall–Kier alpha value is -1.87. The summed E-state index contributed by atoms with van der Waals surface area (Å²) in [5.41, 5.74) is 11.8. The van der Waals surface area contributed by atoms with E-state index in [0.717, 1.165) is 24.4 Å². The van der Waals surface area contributed by atoms with Crippen molar-refractivity contribution in [3.63, 3.8) is 0 Å². The fourth-order valence-corrected chi connectivity index (χ4v) is 6.73. The number of methoxy groups -OCH3 is 1. The third-order valence-corrected chi connectivity index (χ3v) is 7.86. The molecule has 35 heavy (non-hydrogen) atoms. The van der Waals surface area contributed by atoms with E-state index in [1.165, 1.54) is 44.8 Å². The molecule has 190 valence electrons. The molecule has 3 nitrogen and oxygen atoms in total. The van der Waals surface area contributed by atoms with Crippen molar-refractivity contribution in [1.82, 2.24) is 0 Å². The van der Waals surface area contributed by atoms with Crippen LogP contribution in [0.2, 0.25) is 0 Å². The summed E-state index contributed by atoms with van der Waals surface area (Å²) in [6.07, 6.45) is 0. The average Bonchev–Trinajstić information content (AvgIpc) is 3.21. The molecule has 1 heterocycles. The number of ether oxygens (including phenoxy) is 1. The van der Waals surface area contributed by atoms with Crippen LogP contribution < -0.4 is 14.5 Å². The van der Waals surface area contributed by atoms with Crippen LogP contribution in [0.3, 0.4) is 0 Å². The second-order valence-electron chi connectivity index (χ2n) is 9.05. The molecule has 6 heteroatoms. The second-order valence-corrected chi connectivity index (χ2v) is 14.8. The Bertz CT molecular complexity index is 1110. The molecule has 0 saturated carbocycles. The number of rotatable bonds is 4. The number of benzene rings is 3. The van der Waals surface area contributed by atoms with Crippen molar-refractivity contribution >= 4 is 35.4 Å². The maximum Gasteiger partial charge on any atom is 0.0146 e. The van der Waals surface area contributed by atoms with Gasteiger partial charge in [0.1, 0.15) is 0 Å². The largest absolute Gasteiger partial charge is 0.502 e. The van der Waals surface area contributed by atoms with E-state index in [1.807, 2.05) is 28.9 Å². The normalized spacial score (nSPS) is 13.3. The van der Waals surface area contributed by atoms with Crippen LogP contribution in [-0.2, 0) is 13.5 Å². The molecule has 0 aliphatic carbocycles. The fourth-order valence-electron chi connectivity index (χ4n) is 4.92. The minimum atomic E-state index is -1.74. The van der Waals surface area contributed by atoms with Crippen LogP contribution in [0.4, 0.5) is 11.4 Å². The van der Waals surface area contributed by atoms with Gasteiger partial charge in [-0.15, -0.1) is 0 Å². The van der Waals surface area contributed by atoms with Gasteiger partial charge in [-0.05, 0) is 63.8 Å². The molecule has 4 rings (SSSR count). The molecule has 0 atom stereocenters. The molecule has 0 bridgehead atoms. The molecule has 0 radical (unpaired) electrons. The van der Waals surface area contributed by atoms with Gasteiger partial charge in [0, 0.05) is 24.5 Å². The first-order valence-electron chi connectivity index (χ1n) is 11.6. The zero-order valence-electron chi connectivity index (χ0n) is 21.6. The molecule has 0 N–H and O–H groups in total. The molecule has 0 aromatic heterocycles. The Labute approximate surface area is 224 Å². The number of anilines is 2. The van der Waals surface area contributed by atoms with Gasteiger partial charge in [-0.25, -0.2) is 0 Å². The van der Waals surface area contributed by atoms with Gasteiger partial charge < -0.3 is 9.80 Å². The third kappa shape index (κ3) is 7.09. The van der Waals surface area contributed by atoms with E-state index in [-0.39, 0.29) is 0 Å². The van der Waals surface area contributed by atoms with Crippen LogP contribution >= 0.6 is 19.4 Å². The van der Waals surface area contributed by atoms with E-state index >= 15 is 0 Å². The van der Waals surface area contributed by atoms with Crippen LogP contribution in [0.5, 0.6) is 5.75 Å². The van der Waals surface area contributed by atoms with Crippen molar-refractivity contribution < 1.29 is 18.3 Å². The summed E-state index contributed by atoms with van der Waals surface area (Å²) in [5, 5.41) is 0. The minimum Gasteiger partial charge on any atom is -0.502 e. The smallest absolute Gasteiger partial charge is 0.0146 e. The fraction of sp³-hybridized carbons (Fsp3) is 0.310. The molecule has 3 aromatic carbocycles. The van der Waals surface area contributed by atoms with Crippen molar-refractivity contribution in [3.05, 3.63) is 94.1 Å². The summed E-state index contributed by atoms with van der Waals surface area (Å²) in [7, 11) is 13.1. The number of hydrogen-bond acceptors (Lipinski definition) is 3. The Balaban J connectivity index is 0.000000241. The van der Waals surface area contributed by atoms with Gasteiger partial charge >= 0.3 is 84.9 Å². The quantitative estimate of drug-likeness (QED) is 0.225. The molecule has 0 unspecified atom stereocenters. The number of aryl methyl sites for hydroxylation is 6. The number of para-hydroxylation sites is 1. The topological polar surface area (TPSA) is 15.7 Å². The first-order chi connectivity index (χ1) is 16.6. The van der Waals surface area contributed by atoms with E-state index < -0.39 is 13.5 Å². The van der Waals surface area contributed by atoms with Crippen LogP contribution in [0.1, 0.15) is 38.9 Å². The standard InChI is InChI=1S/C21H27N2.C8H8O.2ClH.Ru/c1-14-9-16(3)20(17(4)10-14)22-7-8-23(13-22)21-18(5)11-15(2)12-19(21)6;1-7-5-3-4-6-8(7)9-2;;;/h9-13H,7-8H2,1-6H3;1,3-6H,2H3;2*1H;/q-1;;;;+2/p-2. The Kier molecular flexibility index (Phi) is 9.81. The Morgan fingerprint density at radius 2 is 1.20 bits per heavy atom. The first-order valence-corrected chi connectivity index (χ1v) is 17.1. The number of halogens is 2. The summed E-state index contributed by atoms with van der Waals surface area (Å²) < 4.78 is 6.99. The summed E-state index contributed by atoms with van der Waals surface area (Å²) in [6, 6.07) is 16.8. The van der Waals surface area contributed by atoms with E-state index in [9.17, 15) is 0 Å². The van der Waals surface area contributed by atoms with Crippen molar-refractivity contribution in [2.45, 2.75) is 41.5 Å². The zero-order valence-corrected chi connectivity index (χ0v) is 24.8. The maximum absolute atomic E-state index is 5.74. The summed E-state index contributed by atoms with van der Waals surface area (Å²) in [5.74, 6) is 0.817. The van der Waals surface area contributed by atoms with Crippen molar-refractivity contribution in [3.8, 4) is 5.75 Å². The summed E-state index contributed by atoms with van der Waals surface area (Å²) >= 11 is -1.74. The molecule has 1 fully saturated rings. The van der Waals surface area contributed by atoms with Gasteiger partial charge in [0.05, 0.1) is 0 Å². The SMILES string of the molecule is COc1ccccc1[CH]=[Ru]([Cl])[Cl].Cc1cc(C)c(N2[CH-]N(c3c(C)cc(C)cc3C)CC2)c(C)c1. The Morgan fingerprint density at radius 3 is 1.60 bits per heavy atom. The van der Waals surface area contributed by atoms with Gasteiger partial charge in [-0.1, -0.05) is 35.4 Å². The van der Waals surface area contributed by atoms with Crippen LogP contribution in [0.25, 0.3) is 0 Å². The Morgan fingerprint density at radius 1 is 0.771 bits per heavy atom. The molecule has 0 amide bonds. The van der Waals surface area contributed by atoms with E-state index in [4.69, 9.17) is 24.1 Å². The summed E-state index contributed by atoms with van der Waals surface area (Å²) in [6.45, 7) is 17.6. The molecule has 3 aromatic rings. The van der Waals surface area contributed by atoms with Gasteiger partial charge in [0.25, 0.3) is 0 Å². The van der Waals surface area contributed by atoms with Crippen LogP contribution in [-0.4, -0.2) is 24.8 Å². The van der Waals surface area contributed by atoms with Crippen molar-refractivity contribution in [1.29, 1.82) is 0 Å². The van der Waals surface area contributed by atoms with Gasteiger partial charge in [0.15, 0.2) is 0 Å². The van der Waals surface area contributed by atoms with Crippen molar-refractivity contribution in [2.75, 3.05) is 30.0 Å². The third-order valence-electron chi connectivity index (χ3n) is 6.03. The van der Waals surface area contributed by atoms with Crippen molar-refractivity contribution in [2.24, 2.45) is 0 Å². The van der Waals surface area contributed by atoms with Crippen LogP contribution in [0, 0.1) is 48.2 Å². The van der Waals surface area contributed by atoms with E-state index in [0.29, 0.717) is 0 Å². The average molecular weight is 600 g/mol. The molecular formula is C29H35Cl2N2ORu-. The first kappa shape index (κ1) is 27.7. The molecule has 1 aliphatic rings. The second kappa shape index (κ2) is 12.4. The molecule has 1 aliphatic heterocycles. The molecule has 0 spiro atoms.